The molecule has 1 N–H and O–H groups in total. The maximum Gasteiger partial charge on any atom is 0.0924 e. The van der Waals surface area contributed by atoms with Gasteiger partial charge in [0, 0.05) is 0 Å². The molecule has 2 atom stereocenters. The van der Waals surface area contributed by atoms with Crippen LogP contribution < -0.4 is 0 Å². The van der Waals surface area contributed by atoms with Crippen molar-refractivity contribution in [2.24, 2.45) is 5.92 Å². The number of rotatable bonds is 2. The van der Waals surface area contributed by atoms with Gasteiger partial charge in [0.2, 0.25) is 0 Å². The molecule has 0 aromatic heterocycles. The maximum atomic E-state index is 11.0. The molecule has 2 unspecified atom stereocenters. The normalized spacial score (nSPS) is 29.3. The van der Waals surface area contributed by atoms with Gasteiger partial charge in [0.25, 0.3) is 0 Å². The topological polar surface area (TPSA) is 20.2 Å². The first-order valence-corrected chi connectivity index (χ1v) is 6.88. The molecule has 94 valence electrons. The Kier molecular flexibility index (Phi) is 3.58. The van der Waals surface area contributed by atoms with Gasteiger partial charge in [-0.1, -0.05) is 44.4 Å². The summed E-state index contributed by atoms with van der Waals surface area (Å²) in [4.78, 5) is 0. The molecule has 1 saturated carbocycles. The largest absolute Gasteiger partial charge is 0.385 e. The average Bonchev–Trinajstić information content (AvgIpc) is 2.33. The highest BCUT2D eigenvalue weighted by molar-refractivity contribution is 5.34. The van der Waals surface area contributed by atoms with E-state index in [-0.39, 0.29) is 0 Å². The lowest BCUT2D eigenvalue weighted by molar-refractivity contribution is -0.0558. The molecular weight excluding hydrogens is 208 g/mol. The number of aryl methyl sites for hydroxylation is 2. The molecule has 1 aromatic carbocycles. The summed E-state index contributed by atoms with van der Waals surface area (Å²) in [5, 5.41) is 11.0. The van der Waals surface area contributed by atoms with Crippen LogP contribution in [-0.4, -0.2) is 5.11 Å². The zero-order valence-corrected chi connectivity index (χ0v) is 11.3. The predicted octanol–water partition coefficient (Wildman–Crippen LogP) is 4.09. The molecule has 0 aliphatic heterocycles. The number of hydrogen-bond acceptors (Lipinski definition) is 1. The average molecular weight is 232 g/mol. The van der Waals surface area contributed by atoms with Crippen LogP contribution in [0.15, 0.2) is 18.2 Å². The Hall–Kier alpha value is -0.820. The number of aliphatic hydroxyl groups is 1. The zero-order valence-electron chi connectivity index (χ0n) is 11.3. The second-order valence-corrected chi connectivity index (χ2v) is 5.57. The Bertz CT molecular complexity index is 397. The van der Waals surface area contributed by atoms with E-state index in [2.05, 4.69) is 39.0 Å². The highest BCUT2D eigenvalue weighted by Crippen LogP contribution is 2.43. The summed E-state index contributed by atoms with van der Waals surface area (Å²) in [7, 11) is 0. The summed E-state index contributed by atoms with van der Waals surface area (Å²) in [6.45, 7) is 6.45. The monoisotopic (exact) mass is 232 g/mol. The van der Waals surface area contributed by atoms with E-state index in [0.717, 1.165) is 24.8 Å². The van der Waals surface area contributed by atoms with Crippen LogP contribution in [0.4, 0.5) is 0 Å². The van der Waals surface area contributed by atoms with Crippen LogP contribution in [0.5, 0.6) is 0 Å². The molecule has 0 heterocycles. The summed E-state index contributed by atoms with van der Waals surface area (Å²) in [5.41, 5.74) is 3.15. The molecule has 0 bridgehead atoms. The van der Waals surface area contributed by atoms with Crippen molar-refractivity contribution in [1.29, 1.82) is 0 Å². The fraction of sp³-hybridized carbons (Fsp3) is 0.625. The van der Waals surface area contributed by atoms with E-state index in [1.165, 1.54) is 24.0 Å². The van der Waals surface area contributed by atoms with Crippen LogP contribution >= 0.6 is 0 Å². The van der Waals surface area contributed by atoms with E-state index >= 15 is 0 Å². The Morgan fingerprint density at radius 1 is 1.24 bits per heavy atom. The lowest BCUT2D eigenvalue weighted by Gasteiger charge is -2.40. The highest BCUT2D eigenvalue weighted by Gasteiger charge is 2.39. The van der Waals surface area contributed by atoms with Gasteiger partial charge in [-0.2, -0.15) is 0 Å². The van der Waals surface area contributed by atoms with Gasteiger partial charge < -0.3 is 5.11 Å². The van der Waals surface area contributed by atoms with Gasteiger partial charge in [-0.25, -0.2) is 0 Å². The van der Waals surface area contributed by atoms with E-state index in [9.17, 15) is 5.11 Å². The summed E-state index contributed by atoms with van der Waals surface area (Å²) < 4.78 is 0. The van der Waals surface area contributed by atoms with Gasteiger partial charge in [-0.3, -0.25) is 0 Å². The van der Waals surface area contributed by atoms with Crippen LogP contribution in [0.25, 0.3) is 0 Å². The first kappa shape index (κ1) is 12.6. The van der Waals surface area contributed by atoms with E-state index in [1.807, 2.05) is 0 Å². The summed E-state index contributed by atoms with van der Waals surface area (Å²) >= 11 is 0. The smallest absolute Gasteiger partial charge is 0.0924 e. The van der Waals surface area contributed by atoms with Crippen LogP contribution in [0, 0.1) is 19.8 Å². The summed E-state index contributed by atoms with van der Waals surface area (Å²) in [5.74, 6) is 0.429. The standard InChI is InChI=1S/C16H24O/c1-4-14-7-5-6-10-16(14,17)15-9-8-12(2)13(3)11-15/h8-9,11,14,17H,4-7,10H2,1-3H3. The lowest BCUT2D eigenvalue weighted by Crippen LogP contribution is -2.37. The van der Waals surface area contributed by atoms with E-state index < -0.39 is 5.60 Å². The lowest BCUT2D eigenvalue weighted by atomic mass is 9.70. The molecule has 0 radical (unpaired) electrons. The van der Waals surface area contributed by atoms with Gasteiger partial charge in [0.05, 0.1) is 5.60 Å². The van der Waals surface area contributed by atoms with Crippen LogP contribution in [0.1, 0.15) is 55.7 Å². The van der Waals surface area contributed by atoms with Crippen molar-refractivity contribution in [3.05, 3.63) is 34.9 Å². The SMILES string of the molecule is CCC1CCCCC1(O)c1ccc(C)c(C)c1. The minimum atomic E-state index is -0.578. The van der Waals surface area contributed by atoms with Crippen LogP contribution in [-0.2, 0) is 5.60 Å². The predicted molar refractivity (Wildman–Crippen MR) is 72.1 cm³/mol. The first-order chi connectivity index (χ1) is 8.08. The van der Waals surface area contributed by atoms with Gasteiger partial charge in [-0.05, 0) is 49.3 Å². The molecule has 1 aliphatic rings. The molecule has 0 spiro atoms. The van der Waals surface area contributed by atoms with E-state index in [4.69, 9.17) is 0 Å². The summed E-state index contributed by atoms with van der Waals surface area (Å²) in [6, 6.07) is 6.45. The van der Waals surface area contributed by atoms with Crippen molar-refractivity contribution in [1.82, 2.24) is 0 Å². The molecule has 0 saturated heterocycles. The minimum absolute atomic E-state index is 0.429. The highest BCUT2D eigenvalue weighted by atomic mass is 16.3. The maximum absolute atomic E-state index is 11.0. The van der Waals surface area contributed by atoms with Crippen molar-refractivity contribution < 1.29 is 5.11 Å². The fourth-order valence-corrected chi connectivity index (χ4v) is 3.16. The third-order valence-corrected chi connectivity index (χ3v) is 4.54. The van der Waals surface area contributed by atoms with Gasteiger partial charge in [-0.15, -0.1) is 0 Å². The Morgan fingerprint density at radius 3 is 2.65 bits per heavy atom. The Balaban J connectivity index is 2.37. The van der Waals surface area contributed by atoms with E-state index in [0.29, 0.717) is 5.92 Å². The molecule has 2 rings (SSSR count). The second-order valence-electron chi connectivity index (χ2n) is 5.57. The van der Waals surface area contributed by atoms with Crippen LogP contribution in [0.2, 0.25) is 0 Å². The fourth-order valence-electron chi connectivity index (χ4n) is 3.16. The molecule has 0 amide bonds. The molecule has 1 nitrogen and oxygen atoms in total. The van der Waals surface area contributed by atoms with Crippen molar-refractivity contribution in [3.63, 3.8) is 0 Å². The van der Waals surface area contributed by atoms with Gasteiger partial charge in [0.1, 0.15) is 0 Å². The second kappa shape index (κ2) is 4.81. The van der Waals surface area contributed by atoms with Crippen molar-refractivity contribution in [2.75, 3.05) is 0 Å². The third kappa shape index (κ3) is 2.26. The van der Waals surface area contributed by atoms with Gasteiger partial charge in [0.15, 0.2) is 0 Å². The molecule has 1 fully saturated rings. The van der Waals surface area contributed by atoms with Crippen LogP contribution in [0.3, 0.4) is 0 Å². The molecule has 17 heavy (non-hydrogen) atoms. The Labute approximate surface area is 105 Å². The van der Waals surface area contributed by atoms with Crippen molar-refractivity contribution >= 4 is 0 Å². The first-order valence-electron chi connectivity index (χ1n) is 6.88. The molecule has 1 aromatic rings. The third-order valence-electron chi connectivity index (χ3n) is 4.54. The summed E-state index contributed by atoms with van der Waals surface area (Å²) in [6.07, 6.45) is 5.59. The van der Waals surface area contributed by atoms with E-state index in [1.54, 1.807) is 0 Å². The number of benzene rings is 1. The quantitative estimate of drug-likeness (QED) is 0.814. The zero-order chi connectivity index (χ0) is 12.5. The van der Waals surface area contributed by atoms with Crippen molar-refractivity contribution in [2.45, 2.75) is 58.5 Å². The molecule has 1 heteroatoms. The molecular formula is C16H24O. The van der Waals surface area contributed by atoms with Gasteiger partial charge >= 0.3 is 0 Å². The minimum Gasteiger partial charge on any atom is -0.385 e. The Morgan fingerprint density at radius 2 is 2.00 bits per heavy atom. The number of hydrogen-bond donors (Lipinski definition) is 1. The molecule has 1 aliphatic carbocycles. The van der Waals surface area contributed by atoms with Crippen molar-refractivity contribution in [3.8, 4) is 0 Å².